The van der Waals surface area contributed by atoms with Gasteiger partial charge in [0.25, 0.3) is 0 Å². The van der Waals surface area contributed by atoms with Crippen LogP contribution < -0.4 is 0 Å². The van der Waals surface area contributed by atoms with Crippen molar-refractivity contribution in [2.24, 2.45) is 0 Å². The lowest BCUT2D eigenvalue weighted by atomic mass is 10.0. The molecule has 0 aromatic heterocycles. The number of fused-ring (bicyclic) bond motifs is 1. The Bertz CT molecular complexity index is 719. The minimum absolute atomic E-state index is 0.00308. The van der Waals surface area contributed by atoms with E-state index in [0.29, 0.717) is 19.0 Å². The lowest BCUT2D eigenvalue weighted by molar-refractivity contribution is -0.132. The second-order valence-corrected chi connectivity index (χ2v) is 6.92. The summed E-state index contributed by atoms with van der Waals surface area (Å²) in [6.07, 6.45) is 2.80. The van der Waals surface area contributed by atoms with Gasteiger partial charge in [-0.15, -0.1) is 0 Å². The van der Waals surface area contributed by atoms with E-state index in [2.05, 4.69) is 47.4 Å². The van der Waals surface area contributed by atoms with Gasteiger partial charge in [-0.05, 0) is 29.2 Å². The van der Waals surface area contributed by atoms with E-state index in [4.69, 9.17) is 10.2 Å². The summed E-state index contributed by atoms with van der Waals surface area (Å²) < 4.78 is 0. The van der Waals surface area contributed by atoms with E-state index in [-0.39, 0.29) is 32.2 Å². The number of aliphatic hydroxyl groups is 2. The molecule has 0 bridgehead atoms. The highest BCUT2D eigenvalue weighted by atomic mass is 16.3. The lowest BCUT2D eigenvalue weighted by Gasteiger charge is -2.25. The molecule has 1 aliphatic rings. The first-order valence-electron chi connectivity index (χ1n) is 9.43. The summed E-state index contributed by atoms with van der Waals surface area (Å²) in [5.74, 6) is -0.00308. The van der Waals surface area contributed by atoms with Crippen LogP contribution in [0.1, 0.15) is 24.8 Å². The zero-order valence-corrected chi connectivity index (χ0v) is 15.2. The Morgan fingerprint density at radius 2 is 1.65 bits per heavy atom. The molecule has 1 amide bonds. The van der Waals surface area contributed by atoms with E-state index in [9.17, 15) is 4.79 Å². The number of hydrogen-bond acceptors (Lipinski definition) is 4. The van der Waals surface area contributed by atoms with Crippen molar-refractivity contribution in [3.05, 3.63) is 48.0 Å². The summed E-state index contributed by atoms with van der Waals surface area (Å²) in [6, 6.07) is 15.4. The summed E-state index contributed by atoms with van der Waals surface area (Å²) in [4.78, 5) is 16.4. The van der Waals surface area contributed by atoms with Gasteiger partial charge in [0.1, 0.15) is 0 Å². The van der Waals surface area contributed by atoms with E-state index in [1.54, 1.807) is 4.90 Å². The average Bonchev–Trinajstić information content (AvgIpc) is 3.50. The molecule has 0 saturated heterocycles. The molecule has 0 heterocycles. The highest BCUT2D eigenvalue weighted by Gasteiger charge is 2.29. The molecule has 2 N–H and O–H groups in total. The zero-order valence-electron chi connectivity index (χ0n) is 15.2. The summed E-state index contributed by atoms with van der Waals surface area (Å²) in [5, 5.41) is 20.7. The van der Waals surface area contributed by atoms with Gasteiger partial charge < -0.3 is 15.1 Å². The summed E-state index contributed by atoms with van der Waals surface area (Å²) >= 11 is 0. The minimum atomic E-state index is -0.0753. The van der Waals surface area contributed by atoms with Crippen LogP contribution in [-0.4, -0.2) is 64.8 Å². The van der Waals surface area contributed by atoms with Gasteiger partial charge in [-0.25, -0.2) is 0 Å². The second kappa shape index (κ2) is 9.12. The van der Waals surface area contributed by atoms with Crippen LogP contribution in [0, 0.1) is 0 Å². The van der Waals surface area contributed by atoms with Crippen molar-refractivity contribution >= 4 is 16.7 Å². The molecular weight excluding hydrogens is 328 g/mol. The fourth-order valence-electron chi connectivity index (χ4n) is 3.48. The first-order valence-corrected chi connectivity index (χ1v) is 9.43. The number of amides is 1. The highest BCUT2D eigenvalue weighted by Crippen LogP contribution is 2.30. The van der Waals surface area contributed by atoms with Crippen LogP contribution in [0.4, 0.5) is 0 Å². The molecule has 5 heteroatoms. The topological polar surface area (TPSA) is 64.0 Å². The van der Waals surface area contributed by atoms with Crippen LogP contribution in [0.2, 0.25) is 0 Å². The smallest absolute Gasteiger partial charge is 0.224 e. The van der Waals surface area contributed by atoms with Crippen molar-refractivity contribution < 1.29 is 15.0 Å². The molecule has 2 aromatic carbocycles. The number of carbonyl (C=O) groups excluding carboxylic acids is 1. The van der Waals surface area contributed by atoms with Gasteiger partial charge in [0.15, 0.2) is 0 Å². The van der Waals surface area contributed by atoms with Gasteiger partial charge in [-0.3, -0.25) is 9.69 Å². The van der Waals surface area contributed by atoms with Gasteiger partial charge in [-0.1, -0.05) is 42.5 Å². The molecule has 5 nitrogen and oxygen atoms in total. The molecule has 3 rings (SSSR count). The fourth-order valence-corrected chi connectivity index (χ4v) is 3.48. The predicted molar refractivity (Wildman–Crippen MR) is 103 cm³/mol. The normalized spacial score (nSPS) is 14.1. The summed E-state index contributed by atoms with van der Waals surface area (Å²) in [7, 11) is 0. The van der Waals surface area contributed by atoms with Gasteiger partial charge in [0.05, 0.1) is 13.2 Å². The number of carbonyl (C=O) groups is 1. The van der Waals surface area contributed by atoms with Crippen molar-refractivity contribution in [2.45, 2.75) is 31.8 Å². The quantitative estimate of drug-likeness (QED) is 0.684. The molecule has 1 aliphatic carbocycles. The monoisotopic (exact) mass is 356 g/mol. The molecule has 0 radical (unpaired) electrons. The van der Waals surface area contributed by atoms with Gasteiger partial charge in [-0.2, -0.15) is 0 Å². The van der Waals surface area contributed by atoms with Crippen LogP contribution in [-0.2, 0) is 11.3 Å². The molecule has 140 valence electrons. The minimum Gasteiger partial charge on any atom is -0.395 e. The van der Waals surface area contributed by atoms with Crippen LogP contribution >= 0.6 is 0 Å². The number of aliphatic hydroxyl groups excluding tert-OH is 2. The van der Waals surface area contributed by atoms with Gasteiger partial charge in [0, 0.05) is 38.6 Å². The van der Waals surface area contributed by atoms with E-state index < -0.39 is 0 Å². The molecule has 2 aromatic rings. The maximum absolute atomic E-state index is 12.4. The SMILES string of the molecule is O=C(CCN(Cc1cccc2ccccc12)C1CC1)N(CCO)CCO. The molecule has 0 aliphatic heterocycles. The molecule has 1 saturated carbocycles. The lowest BCUT2D eigenvalue weighted by Crippen LogP contribution is -2.38. The van der Waals surface area contributed by atoms with Crippen LogP contribution in [0.25, 0.3) is 10.8 Å². The van der Waals surface area contributed by atoms with Crippen LogP contribution in [0.15, 0.2) is 42.5 Å². The number of rotatable bonds is 10. The van der Waals surface area contributed by atoms with E-state index in [1.807, 2.05) is 0 Å². The summed E-state index contributed by atoms with van der Waals surface area (Å²) in [5.41, 5.74) is 1.30. The van der Waals surface area contributed by atoms with Crippen molar-refractivity contribution in [1.29, 1.82) is 0 Å². The molecule has 1 fully saturated rings. The number of benzene rings is 2. The Kier molecular flexibility index (Phi) is 6.61. The van der Waals surface area contributed by atoms with Crippen molar-refractivity contribution in [2.75, 3.05) is 32.8 Å². The Hall–Kier alpha value is -1.95. The molecule has 0 spiro atoms. The summed E-state index contributed by atoms with van der Waals surface area (Å²) in [6.45, 7) is 1.97. The third kappa shape index (κ3) is 4.81. The van der Waals surface area contributed by atoms with Gasteiger partial charge >= 0.3 is 0 Å². The second-order valence-electron chi connectivity index (χ2n) is 6.92. The molecular formula is C21H28N2O3. The molecule has 26 heavy (non-hydrogen) atoms. The standard InChI is InChI=1S/C21H28N2O3/c24-14-12-22(13-15-25)21(26)10-11-23(19-8-9-19)16-18-6-3-5-17-4-1-2-7-20(17)18/h1-7,19,24-25H,8-16H2. The highest BCUT2D eigenvalue weighted by molar-refractivity contribution is 5.85. The first kappa shape index (κ1) is 18.8. The largest absolute Gasteiger partial charge is 0.395 e. The van der Waals surface area contributed by atoms with Crippen LogP contribution in [0.3, 0.4) is 0 Å². The molecule has 0 unspecified atom stereocenters. The average molecular weight is 356 g/mol. The maximum Gasteiger partial charge on any atom is 0.224 e. The number of nitrogens with zero attached hydrogens (tertiary/aromatic N) is 2. The van der Waals surface area contributed by atoms with Crippen molar-refractivity contribution in [1.82, 2.24) is 9.80 Å². The van der Waals surface area contributed by atoms with Gasteiger partial charge in [0.2, 0.25) is 5.91 Å². The Morgan fingerprint density at radius 1 is 0.962 bits per heavy atom. The third-order valence-electron chi connectivity index (χ3n) is 5.02. The van der Waals surface area contributed by atoms with Crippen molar-refractivity contribution in [3.63, 3.8) is 0 Å². The Morgan fingerprint density at radius 3 is 2.35 bits per heavy atom. The first-order chi connectivity index (χ1) is 12.7. The number of hydrogen-bond donors (Lipinski definition) is 2. The van der Waals surface area contributed by atoms with E-state index in [0.717, 1.165) is 6.54 Å². The third-order valence-corrected chi connectivity index (χ3v) is 5.02. The van der Waals surface area contributed by atoms with Crippen molar-refractivity contribution in [3.8, 4) is 0 Å². The van der Waals surface area contributed by atoms with E-state index in [1.165, 1.54) is 29.2 Å². The Labute approximate surface area is 154 Å². The Balaban J connectivity index is 1.65. The van der Waals surface area contributed by atoms with Crippen LogP contribution in [0.5, 0.6) is 0 Å². The maximum atomic E-state index is 12.4. The fraction of sp³-hybridized carbons (Fsp3) is 0.476. The zero-order chi connectivity index (χ0) is 18.4. The van der Waals surface area contributed by atoms with E-state index >= 15 is 0 Å². The predicted octanol–water partition coefficient (Wildman–Crippen LogP) is 2.01. The molecule has 0 atom stereocenters.